The molecule has 4 nitrogen and oxygen atoms in total. The number of aliphatic imine (C=N–C) groups is 1. The van der Waals surface area contributed by atoms with E-state index in [1.807, 2.05) is 25.1 Å². The van der Waals surface area contributed by atoms with Gasteiger partial charge in [-0.2, -0.15) is 0 Å². The molecule has 5 heteroatoms. The van der Waals surface area contributed by atoms with E-state index in [-0.39, 0.29) is 6.10 Å². The molecule has 126 valence electrons. The molecule has 1 aliphatic heterocycles. The number of rotatable bonds is 6. The molecule has 3 N–H and O–H groups in total. The van der Waals surface area contributed by atoms with Crippen LogP contribution in [0.1, 0.15) is 30.8 Å². The molecule has 24 heavy (non-hydrogen) atoms. The van der Waals surface area contributed by atoms with Gasteiger partial charge in [0.15, 0.2) is 12.4 Å². The highest BCUT2D eigenvalue weighted by Gasteiger charge is 2.20. The summed E-state index contributed by atoms with van der Waals surface area (Å²) in [5, 5.41) is 2.91. The van der Waals surface area contributed by atoms with E-state index < -0.39 is 6.30 Å². The second kappa shape index (κ2) is 7.45. The summed E-state index contributed by atoms with van der Waals surface area (Å²) in [7, 11) is 0. The summed E-state index contributed by atoms with van der Waals surface area (Å²) in [5.41, 5.74) is 8.16. The van der Waals surface area contributed by atoms with Crippen LogP contribution in [-0.4, -0.2) is 18.5 Å². The van der Waals surface area contributed by atoms with Gasteiger partial charge in [-0.3, -0.25) is 5.32 Å². The number of ether oxygens (including phenoxy) is 1. The van der Waals surface area contributed by atoms with Crippen LogP contribution in [0.25, 0.3) is 0 Å². The van der Waals surface area contributed by atoms with Gasteiger partial charge in [0.1, 0.15) is 17.3 Å². The van der Waals surface area contributed by atoms with Crippen molar-refractivity contribution in [2.75, 3.05) is 6.54 Å². The lowest BCUT2D eigenvalue weighted by Crippen LogP contribution is -2.33. The molecule has 0 radical (unpaired) electrons. The smallest absolute Gasteiger partial charge is 0.177 e. The van der Waals surface area contributed by atoms with Gasteiger partial charge in [-0.1, -0.05) is 36.4 Å². The highest BCUT2D eigenvalue weighted by atomic mass is 19.1. The van der Waals surface area contributed by atoms with Crippen molar-refractivity contribution in [3.05, 3.63) is 59.7 Å². The van der Waals surface area contributed by atoms with Crippen molar-refractivity contribution in [2.24, 2.45) is 10.7 Å². The number of hydrogen-bond acceptors (Lipinski definition) is 4. The first-order valence-corrected chi connectivity index (χ1v) is 8.19. The third kappa shape index (κ3) is 3.92. The van der Waals surface area contributed by atoms with E-state index in [0.29, 0.717) is 29.4 Å². The first kappa shape index (κ1) is 16.5. The zero-order valence-corrected chi connectivity index (χ0v) is 13.7. The molecular weight excluding hydrogens is 305 g/mol. The summed E-state index contributed by atoms with van der Waals surface area (Å²) in [4.78, 5) is 4.28. The molecule has 1 unspecified atom stereocenters. The average Bonchev–Trinajstić information content (AvgIpc) is 2.60. The predicted octanol–water partition coefficient (Wildman–Crippen LogP) is 3.65. The fraction of sp³-hybridized carbons (Fsp3) is 0.316. The molecule has 0 saturated heterocycles. The van der Waals surface area contributed by atoms with Crippen molar-refractivity contribution >= 4 is 11.5 Å². The molecule has 0 bridgehead atoms. The quantitative estimate of drug-likeness (QED) is 0.629. The molecule has 1 aliphatic rings. The molecule has 0 saturated carbocycles. The molecule has 3 rings (SSSR count). The lowest BCUT2D eigenvalue weighted by atomic mass is 10.1. The molecule has 0 spiro atoms. The first-order chi connectivity index (χ1) is 11.6. The highest BCUT2D eigenvalue weighted by Crippen LogP contribution is 2.34. The normalized spacial score (nSPS) is 17.6. The van der Waals surface area contributed by atoms with Crippen molar-refractivity contribution < 1.29 is 9.13 Å². The topological polar surface area (TPSA) is 59.6 Å². The number of aryl methyl sites for hydroxylation is 1. The van der Waals surface area contributed by atoms with Crippen molar-refractivity contribution in [2.45, 2.75) is 32.2 Å². The van der Waals surface area contributed by atoms with Crippen LogP contribution in [0.3, 0.4) is 0 Å². The van der Waals surface area contributed by atoms with Crippen molar-refractivity contribution in [1.82, 2.24) is 5.32 Å². The van der Waals surface area contributed by atoms with Gasteiger partial charge in [0.2, 0.25) is 0 Å². The van der Waals surface area contributed by atoms with Crippen LogP contribution in [0, 0.1) is 0 Å². The van der Waals surface area contributed by atoms with Crippen LogP contribution >= 0.6 is 0 Å². The molecule has 1 heterocycles. The Labute approximate surface area is 141 Å². The summed E-state index contributed by atoms with van der Waals surface area (Å²) in [6.07, 6.45) is 0.320. The number of nitrogens with two attached hydrogens (primary N) is 1. The van der Waals surface area contributed by atoms with Crippen LogP contribution in [0.15, 0.2) is 53.5 Å². The third-order valence-electron chi connectivity index (χ3n) is 4.05. The standard InChI is InChI=1S/C19H22FN3O/c1-13-19(21)23-16-12-15(9-10-17(16)24-13)18(20)22-11-5-8-14-6-3-2-4-7-14/h2-4,6-7,9-10,12-13,18,22H,5,8,11H2,1H3,(H2,21,23)/t13-,18?/m1/s1. The minimum Gasteiger partial charge on any atom is -0.481 e. The van der Waals surface area contributed by atoms with E-state index in [1.165, 1.54) is 5.56 Å². The molecule has 0 amide bonds. The molecule has 0 aromatic heterocycles. The maximum Gasteiger partial charge on any atom is 0.177 e. The zero-order chi connectivity index (χ0) is 16.9. The van der Waals surface area contributed by atoms with Gasteiger partial charge in [-0.05, 0) is 44.0 Å². The molecule has 2 atom stereocenters. The van der Waals surface area contributed by atoms with E-state index in [0.717, 1.165) is 12.8 Å². The lowest BCUT2D eigenvalue weighted by Gasteiger charge is -2.22. The Morgan fingerprint density at radius 2 is 2.04 bits per heavy atom. The van der Waals surface area contributed by atoms with Gasteiger partial charge < -0.3 is 10.5 Å². The maximum atomic E-state index is 14.4. The number of nitrogens with one attached hydrogen (secondary N) is 1. The second-order valence-electron chi connectivity index (χ2n) is 5.93. The monoisotopic (exact) mass is 327 g/mol. The van der Waals surface area contributed by atoms with E-state index >= 15 is 0 Å². The Morgan fingerprint density at radius 1 is 1.25 bits per heavy atom. The van der Waals surface area contributed by atoms with Crippen LogP contribution in [0.2, 0.25) is 0 Å². The molecule has 0 aliphatic carbocycles. The minimum atomic E-state index is -1.23. The number of amidine groups is 1. The molecule has 2 aromatic carbocycles. The van der Waals surface area contributed by atoms with Crippen molar-refractivity contribution in [3.8, 4) is 5.75 Å². The molecule has 2 aromatic rings. The number of benzene rings is 2. The Hall–Kier alpha value is -2.40. The Bertz CT molecular complexity index is 718. The van der Waals surface area contributed by atoms with E-state index in [9.17, 15) is 4.39 Å². The van der Waals surface area contributed by atoms with Gasteiger partial charge >= 0.3 is 0 Å². The average molecular weight is 327 g/mol. The van der Waals surface area contributed by atoms with Gasteiger partial charge in [-0.15, -0.1) is 0 Å². The Balaban J connectivity index is 1.54. The summed E-state index contributed by atoms with van der Waals surface area (Å²) < 4.78 is 20.0. The summed E-state index contributed by atoms with van der Waals surface area (Å²) in [6, 6.07) is 15.3. The number of halogens is 1. The van der Waals surface area contributed by atoms with E-state index in [4.69, 9.17) is 10.5 Å². The number of fused-ring (bicyclic) bond motifs is 1. The highest BCUT2D eigenvalue weighted by molar-refractivity contribution is 5.89. The maximum absolute atomic E-state index is 14.4. The van der Waals surface area contributed by atoms with E-state index in [2.05, 4.69) is 22.4 Å². The zero-order valence-electron chi connectivity index (χ0n) is 13.7. The largest absolute Gasteiger partial charge is 0.481 e. The molecule has 0 fully saturated rings. The van der Waals surface area contributed by atoms with Crippen LogP contribution < -0.4 is 15.8 Å². The van der Waals surface area contributed by atoms with Gasteiger partial charge in [0, 0.05) is 5.56 Å². The Morgan fingerprint density at radius 3 is 2.83 bits per heavy atom. The summed E-state index contributed by atoms with van der Waals surface area (Å²) in [6.45, 7) is 2.44. The van der Waals surface area contributed by atoms with Crippen LogP contribution in [0.4, 0.5) is 10.1 Å². The Kier molecular flexibility index (Phi) is 5.11. The summed E-state index contributed by atoms with van der Waals surface area (Å²) in [5.74, 6) is 1.04. The first-order valence-electron chi connectivity index (χ1n) is 8.19. The number of alkyl halides is 1. The SMILES string of the molecule is C[C@H]1Oc2ccc(C(F)NCCCc3ccccc3)cc2N=C1N. The fourth-order valence-corrected chi connectivity index (χ4v) is 2.64. The minimum absolute atomic E-state index is 0.249. The fourth-order valence-electron chi connectivity index (χ4n) is 2.64. The number of nitrogens with zero attached hydrogens (tertiary/aromatic N) is 1. The van der Waals surface area contributed by atoms with Crippen LogP contribution in [0.5, 0.6) is 5.75 Å². The van der Waals surface area contributed by atoms with Gasteiger partial charge in [0.25, 0.3) is 0 Å². The molecular formula is C19H22FN3O. The predicted molar refractivity (Wildman–Crippen MR) is 94.4 cm³/mol. The van der Waals surface area contributed by atoms with Crippen LogP contribution in [-0.2, 0) is 6.42 Å². The second-order valence-corrected chi connectivity index (χ2v) is 5.93. The van der Waals surface area contributed by atoms with Crippen molar-refractivity contribution in [1.29, 1.82) is 0 Å². The third-order valence-corrected chi connectivity index (χ3v) is 4.05. The lowest BCUT2D eigenvalue weighted by molar-refractivity contribution is 0.274. The van der Waals surface area contributed by atoms with Gasteiger partial charge in [0.05, 0.1) is 0 Å². The summed E-state index contributed by atoms with van der Waals surface area (Å²) >= 11 is 0. The van der Waals surface area contributed by atoms with Crippen molar-refractivity contribution in [3.63, 3.8) is 0 Å². The number of hydrogen-bond donors (Lipinski definition) is 2. The van der Waals surface area contributed by atoms with Gasteiger partial charge in [-0.25, -0.2) is 9.38 Å². The van der Waals surface area contributed by atoms with E-state index in [1.54, 1.807) is 18.2 Å².